The normalized spacial score (nSPS) is 20.8. The van der Waals surface area contributed by atoms with Crippen molar-refractivity contribution in [3.8, 4) is 0 Å². The van der Waals surface area contributed by atoms with Crippen LogP contribution in [-0.2, 0) is 5.41 Å². The number of rotatable bonds is 2. The van der Waals surface area contributed by atoms with E-state index in [2.05, 4.69) is 55.1 Å². The first-order valence-corrected chi connectivity index (χ1v) is 7.95. The Morgan fingerprint density at radius 1 is 1.29 bits per heavy atom. The van der Waals surface area contributed by atoms with Crippen molar-refractivity contribution >= 4 is 11.2 Å². The van der Waals surface area contributed by atoms with Gasteiger partial charge in [-0.1, -0.05) is 20.8 Å². The van der Waals surface area contributed by atoms with Crippen molar-refractivity contribution in [1.29, 1.82) is 0 Å². The van der Waals surface area contributed by atoms with E-state index in [-0.39, 0.29) is 5.41 Å². The van der Waals surface area contributed by atoms with Crippen molar-refractivity contribution in [1.82, 2.24) is 19.4 Å². The van der Waals surface area contributed by atoms with Gasteiger partial charge in [-0.25, -0.2) is 9.97 Å². The number of likely N-dealkylation sites (tertiary alicyclic amines) is 1. The van der Waals surface area contributed by atoms with Crippen molar-refractivity contribution in [3.05, 3.63) is 24.2 Å². The summed E-state index contributed by atoms with van der Waals surface area (Å²) in [4.78, 5) is 12.0. The van der Waals surface area contributed by atoms with Crippen LogP contribution < -0.4 is 0 Å². The van der Waals surface area contributed by atoms with Crippen molar-refractivity contribution in [2.75, 3.05) is 13.1 Å². The topological polar surface area (TPSA) is 34.0 Å². The average molecular weight is 286 g/mol. The van der Waals surface area contributed by atoms with Gasteiger partial charge in [0, 0.05) is 30.7 Å². The second kappa shape index (κ2) is 5.09. The lowest BCUT2D eigenvalue weighted by Crippen LogP contribution is -2.29. The molecular formula is C17H26N4. The van der Waals surface area contributed by atoms with Crippen molar-refractivity contribution in [2.24, 2.45) is 0 Å². The Balaban J connectivity index is 2.08. The van der Waals surface area contributed by atoms with E-state index in [0.717, 1.165) is 23.5 Å². The highest BCUT2D eigenvalue weighted by Gasteiger charge is 2.32. The van der Waals surface area contributed by atoms with Crippen LogP contribution in [0, 0.1) is 0 Å². The molecule has 0 radical (unpaired) electrons. The van der Waals surface area contributed by atoms with Crippen LogP contribution in [0.15, 0.2) is 18.3 Å². The van der Waals surface area contributed by atoms with Crippen molar-refractivity contribution in [3.63, 3.8) is 0 Å². The van der Waals surface area contributed by atoms with E-state index in [4.69, 9.17) is 4.98 Å². The lowest BCUT2D eigenvalue weighted by atomic mass is 9.95. The van der Waals surface area contributed by atoms with Crippen LogP contribution in [0.4, 0.5) is 0 Å². The van der Waals surface area contributed by atoms with Crippen LogP contribution in [-0.4, -0.2) is 38.6 Å². The monoisotopic (exact) mass is 286 g/mol. The maximum absolute atomic E-state index is 4.88. The molecule has 1 fully saturated rings. The molecule has 3 rings (SSSR count). The number of hydrogen-bond donors (Lipinski definition) is 0. The summed E-state index contributed by atoms with van der Waals surface area (Å²) in [5, 5.41) is 0. The van der Waals surface area contributed by atoms with Gasteiger partial charge in [0.2, 0.25) is 0 Å². The summed E-state index contributed by atoms with van der Waals surface area (Å²) < 4.78 is 2.40. The Bertz CT molecular complexity index is 636. The summed E-state index contributed by atoms with van der Waals surface area (Å²) in [5.41, 5.74) is 2.09. The molecule has 3 heterocycles. The molecule has 1 aliphatic heterocycles. The van der Waals surface area contributed by atoms with Gasteiger partial charge in [0.25, 0.3) is 0 Å². The van der Waals surface area contributed by atoms with Crippen molar-refractivity contribution < 1.29 is 0 Å². The number of imidazole rings is 1. The van der Waals surface area contributed by atoms with Gasteiger partial charge in [-0.2, -0.15) is 0 Å². The van der Waals surface area contributed by atoms with Gasteiger partial charge in [0.15, 0.2) is 5.65 Å². The van der Waals surface area contributed by atoms with E-state index >= 15 is 0 Å². The molecule has 1 unspecified atom stereocenters. The number of fused-ring (bicyclic) bond motifs is 1. The molecule has 0 N–H and O–H groups in total. The molecule has 1 atom stereocenters. The zero-order valence-electron chi connectivity index (χ0n) is 13.8. The standard InChI is InChI=1S/C17H26N4/c1-12(2)20-10-8-13(11-20)21-15-14(7-6-9-18-15)19-16(21)17(3,4)5/h6-7,9,12-13H,8,10-11H2,1-5H3. The molecule has 0 bridgehead atoms. The Hall–Kier alpha value is -1.42. The Morgan fingerprint density at radius 3 is 2.67 bits per heavy atom. The van der Waals surface area contributed by atoms with E-state index in [1.54, 1.807) is 0 Å². The van der Waals surface area contributed by atoms with Crippen LogP contribution in [0.25, 0.3) is 11.2 Å². The average Bonchev–Trinajstić information content (AvgIpc) is 3.01. The molecule has 1 saturated heterocycles. The molecule has 4 heteroatoms. The lowest BCUT2D eigenvalue weighted by Gasteiger charge is -2.25. The number of nitrogens with zero attached hydrogens (tertiary/aromatic N) is 4. The fourth-order valence-electron chi connectivity index (χ4n) is 3.25. The molecule has 21 heavy (non-hydrogen) atoms. The minimum Gasteiger partial charge on any atom is -0.308 e. The Morgan fingerprint density at radius 2 is 2.05 bits per heavy atom. The number of pyridine rings is 1. The lowest BCUT2D eigenvalue weighted by molar-refractivity contribution is 0.264. The van der Waals surface area contributed by atoms with Crippen LogP contribution in [0.5, 0.6) is 0 Å². The van der Waals surface area contributed by atoms with Gasteiger partial charge in [-0.3, -0.25) is 4.90 Å². The molecule has 0 spiro atoms. The molecule has 0 aliphatic carbocycles. The SMILES string of the molecule is CC(C)N1CCC(n2c(C(C)(C)C)nc3cccnc32)C1. The quantitative estimate of drug-likeness (QED) is 0.848. The fraction of sp³-hybridized carbons (Fsp3) is 0.647. The third-order valence-electron chi connectivity index (χ3n) is 4.41. The van der Waals surface area contributed by atoms with Gasteiger partial charge in [0.05, 0.1) is 6.04 Å². The maximum Gasteiger partial charge on any atom is 0.160 e. The molecule has 0 saturated carbocycles. The summed E-state index contributed by atoms with van der Waals surface area (Å²) in [7, 11) is 0. The second-order valence-corrected chi connectivity index (χ2v) is 7.43. The third-order valence-corrected chi connectivity index (χ3v) is 4.41. The minimum absolute atomic E-state index is 0.0337. The summed E-state index contributed by atoms with van der Waals surface area (Å²) in [6.45, 7) is 13.5. The summed E-state index contributed by atoms with van der Waals surface area (Å²) in [5.74, 6) is 1.16. The summed E-state index contributed by atoms with van der Waals surface area (Å²) in [6, 6.07) is 5.14. The van der Waals surface area contributed by atoms with E-state index in [0.29, 0.717) is 12.1 Å². The zero-order chi connectivity index (χ0) is 15.2. The van der Waals surface area contributed by atoms with Crippen molar-refractivity contribution in [2.45, 2.75) is 58.5 Å². The third kappa shape index (κ3) is 2.57. The van der Waals surface area contributed by atoms with Gasteiger partial charge in [-0.05, 0) is 32.4 Å². The summed E-state index contributed by atoms with van der Waals surface area (Å²) in [6.07, 6.45) is 3.06. The first-order chi connectivity index (χ1) is 9.88. The van der Waals surface area contributed by atoms with E-state index in [1.807, 2.05) is 12.3 Å². The van der Waals surface area contributed by atoms with Crippen LogP contribution >= 0.6 is 0 Å². The zero-order valence-corrected chi connectivity index (χ0v) is 13.8. The van der Waals surface area contributed by atoms with Gasteiger partial charge in [0.1, 0.15) is 11.3 Å². The van der Waals surface area contributed by atoms with E-state index in [1.165, 1.54) is 13.0 Å². The summed E-state index contributed by atoms with van der Waals surface area (Å²) >= 11 is 0. The molecule has 0 amide bonds. The second-order valence-electron chi connectivity index (χ2n) is 7.43. The van der Waals surface area contributed by atoms with Crippen LogP contribution in [0.1, 0.15) is 52.9 Å². The first kappa shape index (κ1) is 14.5. The van der Waals surface area contributed by atoms with Gasteiger partial charge < -0.3 is 4.57 Å². The molecule has 4 nitrogen and oxygen atoms in total. The molecule has 1 aliphatic rings. The highest BCUT2D eigenvalue weighted by Crippen LogP contribution is 2.33. The number of aromatic nitrogens is 3. The largest absolute Gasteiger partial charge is 0.308 e. The molecule has 2 aromatic heterocycles. The predicted molar refractivity (Wildman–Crippen MR) is 86.6 cm³/mol. The maximum atomic E-state index is 4.88. The Labute approximate surface area is 127 Å². The highest BCUT2D eigenvalue weighted by molar-refractivity contribution is 5.71. The first-order valence-electron chi connectivity index (χ1n) is 7.95. The molecule has 0 aromatic carbocycles. The fourth-order valence-corrected chi connectivity index (χ4v) is 3.25. The van der Waals surface area contributed by atoms with E-state index in [9.17, 15) is 0 Å². The molecule has 114 valence electrons. The molecule has 2 aromatic rings. The van der Waals surface area contributed by atoms with Crippen LogP contribution in [0.2, 0.25) is 0 Å². The van der Waals surface area contributed by atoms with E-state index < -0.39 is 0 Å². The minimum atomic E-state index is 0.0337. The predicted octanol–water partition coefficient (Wildman–Crippen LogP) is 3.38. The van der Waals surface area contributed by atoms with Crippen LogP contribution in [0.3, 0.4) is 0 Å². The highest BCUT2D eigenvalue weighted by atomic mass is 15.3. The number of hydrogen-bond acceptors (Lipinski definition) is 3. The van der Waals surface area contributed by atoms with Gasteiger partial charge in [-0.15, -0.1) is 0 Å². The molecular weight excluding hydrogens is 260 g/mol. The smallest absolute Gasteiger partial charge is 0.160 e. The van der Waals surface area contributed by atoms with Gasteiger partial charge >= 0.3 is 0 Å². The Kier molecular flexibility index (Phi) is 3.52.